The van der Waals surface area contributed by atoms with Gasteiger partial charge in [-0.2, -0.15) is 5.26 Å². The number of nitrogens with zero attached hydrogens (tertiary/aromatic N) is 2. The molecule has 2 rings (SSSR count). The molecule has 0 spiro atoms. The first-order valence-electron chi connectivity index (χ1n) is 5.64. The summed E-state index contributed by atoms with van der Waals surface area (Å²) < 4.78 is 5.08. The highest BCUT2D eigenvalue weighted by atomic mass is 16.5. The first kappa shape index (κ1) is 12.7. The maximum atomic E-state index is 9.71. The molecule has 94 valence electrons. The van der Waals surface area contributed by atoms with Crippen LogP contribution >= 0.6 is 0 Å². The zero-order valence-corrected chi connectivity index (χ0v) is 10.4. The second-order valence-electron chi connectivity index (χ2n) is 3.85. The maximum absolute atomic E-state index is 9.71. The first-order chi connectivity index (χ1) is 9.22. The van der Waals surface area contributed by atoms with E-state index >= 15 is 0 Å². The molecule has 1 N–H and O–H groups in total. The quantitative estimate of drug-likeness (QED) is 0.854. The summed E-state index contributed by atoms with van der Waals surface area (Å²) in [5.41, 5.74) is 1.76. The molecule has 2 aromatic rings. The number of methoxy groups -OCH3 is 1. The molecule has 0 fully saturated rings. The van der Waals surface area contributed by atoms with Crippen LogP contribution in [-0.4, -0.2) is 18.4 Å². The molecule has 0 amide bonds. The summed E-state index contributed by atoms with van der Waals surface area (Å²) >= 11 is 0. The van der Waals surface area contributed by atoms with Crippen LogP contribution in [0.1, 0.15) is 11.1 Å². The minimum absolute atomic E-state index is 0.126. The van der Waals surface area contributed by atoms with Crippen molar-refractivity contribution in [1.82, 2.24) is 0 Å². The van der Waals surface area contributed by atoms with Gasteiger partial charge in [-0.25, -0.2) is 0 Å². The molecule has 4 heteroatoms. The van der Waals surface area contributed by atoms with E-state index in [-0.39, 0.29) is 5.75 Å². The number of aromatic hydroxyl groups is 1. The van der Waals surface area contributed by atoms with Crippen molar-refractivity contribution in [2.75, 3.05) is 7.11 Å². The third-order valence-electron chi connectivity index (χ3n) is 2.56. The minimum Gasteiger partial charge on any atom is -0.507 e. The third-order valence-corrected chi connectivity index (χ3v) is 2.56. The highest BCUT2D eigenvalue weighted by molar-refractivity contribution is 5.86. The van der Waals surface area contributed by atoms with Crippen molar-refractivity contribution in [3.8, 4) is 17.6 Å². The first-order valence-corrected chi connectivity index (χ1v) is 5.64. The Morgan fingerprint density at radius 2 is 2.11 bits per heavy atom. The van der Waals surface area contributed by atoms with Gasteiger partial charge in [-0.3, -0.25) is 4.99 Å². The average Bonchev–Trinajstić information content (AvgIpc) is 2.46. The van der Waals surface area contributed by atoms with Gasteiger partial charge in [0.05, 0.1) is 24.4 Å². The molecule has 0 aliphatic rings. The smallest absolute Gasteiger partial charge is 0.124 e. The minimum atomic E-state index is 0.126. The molecular weight excluding hydrogens is 240 g/mol. The van der Waals surface area contributed by atoms with Crippen LogP contribution in [0.3, 0.4) is 0 Å². The van der Waals surface area contributed by atoms with Gasteiger partial charge in [0.2, 0.25) is 0 Å². The summed E-state index contributed by atoms with van der Waals surface area (Å²) in [5.74, 6) is 0.769. The number of rotatable bonds is 3. The summed E-state index contributed by atoms with van der Waals surface area (Å²) in [6.45, 7) is 0. The Hall–Kier alpha value is -2.80. The average molecular weight is 252 g/mol. The van der Waals surface area contributed by atoms with Crippen molar-refractivity contribution >= 4 is 11.9 Å². The molecule has 0 aromatic heterocycles. The number of phenolic OH excluding ortho intramolecular Hbond substituents is 1. The lowest BCUT2D eigenvalue weighted by Crippen LogP contribution is -1.87. The number of phenols is 1. The molecular formula is C15H12N2O2. The Labute approximate surface area is 111 Å². The van der Waals surface area contributed by atoms with Gasteiger partial charge in [0, 0.05) is 11.8 Å². The van der Waals surface area contributed by atoms with Gasteiger partial charge in [0.25, 0.3) is 0 Å². The predicted molar refractivity (Wildman–Crippen MR) is 73.1 cm³/mol. The highest BCUT2D eigenvalue weighted by Crippen LogP contribution is 2.22. The molecule has 4 nitrogen and oxygen atoms in total. The van der Waals surface area contributed by atoms with Crippen LogP contribution in [0.25, 0.3) is 0 Å². The number of hydrogen-bond acceptors (Lipinski definition) is 4. The molecule has 0 aliphatic carbocycles. The van der Waals surface area contributed by atoms with Crippen molar-refractivity contribution in [3.63, 3.8) is 0 Å². The van der Waals surface area contributed by atoms with E-state index in [1.54, 1.807) is 49.6 Å². The normalized spacial score (nSPS) is 10.3. The van der Waals surface area contributed by atoms with Gasteiger partial charge in [-0.05, 0) is 36.4 Å². The molecule has 0 atom stereocenters. The second kappa shape index (κ2) is 5.69. The van der Waals surface area contributed by atoms with E-state index < -0.39 is 0 Å². The van der Waals surface area contributed by atoms with E-state index in [1.807, 2.05) is 0 Å². The summed E-state index contributed by atoms with van der Waals surface area (Å²) in [7, 11) is 1.56. The molecule has 0 radical (unpaired) electrons. The Morgan fingerprint density at radius 1 is 1.26 bits per heavy atom. The Balaban J connectivity index is 2.29. The van der Waals surface area contributed by atoms with E-state index in [2.05, 4.69) is 11.1 Å². The van der Waals surface area contributed by atoms with Crippen molar-refractivity contribution < 1.29 is 9.84 Å². The molecule has 0 heterocycles. The molecule has 0 bridgehead atoms. The Morgan fingerprint density at radius 3 is 2.84 bits per heavy atom. The van der Waals surface area contributed by atoms with Gasteiger partial charge in [0.1, 0.15) is 11.5 Å². The lowest BCUT2D eigenvalue weighted by atomic mass is 10.2. The lowest BCUT2D eigenvalue weighted by molar-refractivity contribution is 0.412. The van der Waals surface area contributed by atoms with Crippen molar-refractivity contribution in [2.24, 2.45) is 4.99 Å². The van der Waals surface area contributed by atoms with Crippen molar-refractivity contribution in [1.29, 1.82) is 5.26 Å². The standard InChI is InChI=1S/C15H12N2O2/c1-19-14-5-6-15(18)12(8-14)10-17-13-4-2-3-11(7-13)9-16/h2-8,10,18H,1H3. The summed E-state index contributed by atoms with van der Waals surface area (Å²) in [6.07, 6.45) is 1.54. The number of aliphatic imine (C=N–C) groups is 1. The van der Waals surface area contributed by atoms with E-state index in [0.29, 0.717) is 22.6 Å². The summed E-state index contributed by atoms with van der Waals surface area (Å²) in [6, 6.07) is 13.9. The van der Waals surface area contributed by atoms with E-state index in [0.717, 1.165) is 0 Å². The lowest BCUT2D eigenvalue weighted by Gasteiger charge is -2.02. The fourth-order valence-electron chi connectivity index (χ4n) is 1.56. The van der Waals surface area contributed by atoms with E-state index in [4.69, 9.17) is 10.00 Å². The van der Waals surface area contributed by atoms with Crippen LogP contribution in [-0.2, 0) is 0 Å². The summed E-state index contributed by atoms with van der Waals surface area (Å²) in [4.78, 5) is 4.23. The van der Waals surface area contributed by atoms with Crippen LogP contribution in [0.5, 0.6) is 11.5 Å². The molecule has 19 heavy (non-hydrogen) atoms. The van der Waals surface area contributed by atoms with Gasteiger partial charge in [-0.15, -0.1) is 0 Å². The van der Waals surface area contributed by atoms with Gasteiger partial charge >= 0.3 is 0 Å². The van der Waals surface area contributed by atoms with Crippen LogP contribution in [0.2, 0.25) is 0 Å². The van der Waals surface area contributed by atoms with Crippen LogP contribution in [0, 0.1) is 11.3 Å². The van der Waals surface area contributed by atoms with Gasteiger partial charge < -0.3 is 9.84 Å². The number of ether oxygens (including phenoxy) is 1. The fraction of sp³-hybridized carbons (Fsp3) is 0.0667. The van der Waals surface area contributed by atoms with Gasteiger partial charge in [0.15, 0.2) is 0 Å². The van der Waals surface area contributed by atoms with Crippen LogP contribution in [0.15, 0.2) is 47.5 Å². The predicted octanol–water partition coefficient (Wildman–Crippen LogP) is 3.02. The monoisotopic (exact) mass is 252 g/mol. The van der Waals surface area contributed by atoms with Crippen molar-refractivity contribution in [3.05, 3.63) is 53.6 Å². The molecule has 2 aromatic carbocycles. The molecule has 0 saturated carbocycles. The summed E-state index contributed by atoms with van der Waals surface area (Å²) in [5, 5.41) is 18.5. The van der Waals surface area contributed by atoms with E-state index in [9.17, 15) is 5.11 Å². The third kappa shape index (κ3) is 3.11. The Kier molecular flexibility index (Phi) is 3.79. The largest absolute Gasteiger partial charge is 0.507 e. The SMILES string of the molecule is COc1ccc(O)c(C=Nc2cccc(C#N)c2)c1. The number of hydrogen-bond donors (Lipinski definition) is 1. The van der Waals surface area contributed by atoms with Crippen molar-refractivity contribution in [2.45, 2.75) is 0 Å². The zero-order chi connectivity index (χ0) is 13.7. The second-order valence-corrected chi connectivity index (χ2v) is 3.85. The number of benzene rings is 2. The van der Waals surface area contributed by atoms with Crippen LogP contribution < -0.4 is 4.74 Å². The molecule has 0 saturated heterocycles. The Bertz CT molecular complexity index is 657. The van der Waals surface area contributed by atoms with Gasteiger partial charge in [-0.1, -0.05) is 6.07 Å². The topological polar surface area (TPSA) is 65.6 Å². The molecule has 0 aliphatic heterocycles. The highest BCUT2D eigenvalue weighted by Gasteiger charge is 2.00. The number of nitriles is 1. The fourth-order valence-corrected chi connectivity index (χ4v) is 1.56. The maximum Gasteiger partial charge on any atom is 0.124 e. The van der Waals surface area contributed by atoms with Crippen LogP contribution in [0.4, 0.5) is 5.69 Å². The molecule has 0 unspecified atom stereocenters. The van der Waals surface area contributed by atoms with E-state index in [1.165, 1.54) is 6.21 Å². The zero-order valence-electron chi connectivity index (χ0n) is 10.4.